The predicted octanol–water partition coefficient (Wildman–Crippen LogP) is 4.35. The largest absolute Gasteiger partial charge is 0.385 e. The zero-order valence-corrected chi connectivity index (χ0v) is 10.0. The van der Waals surface area contributed by atoms with Crippen molar-refractivity contribution >= 4 is 5.69 Å². The molecule has 0 bridgehead atoms. The fourth-order valence-electron chi connectivity index (χ4n) is 2.50. The van der Waals surface area contributed by atoms with Crippen molar-refractivity contribution in [2.24, 2.45) is 5.92 Å². The number of nitrogens with one attached hydrogen (secondary N) is 1. The SMILES string of the molecule is Fc1ccc(NCCC2CCCCC2)cc1F. The van der Waals surface area contributed by atoms with E-state index in [9.17, 15) is 8.78 Å². The summed E-state index contributed by atoms with van der Waals surface area (Å²) in [6, 6.07) is 3.97. The molecule has 1 aromatic rings. The topological polar surface area (TPSA) is 12.0 Å². The predicted molar refractivity (Wildman–Crippen MR) is 66.0 cm³/mol. The van der Waals surface area contributed by atoms with E-state index < -0.39 is 11.6 Å². The summed E-state index contributed by atoms with van der Waals surface area (Å²) in [5.41, 5.74) is 0.666. The van der Waals surface area contributed by atoms with Gasteiger partial charge in [-0.15, -0.1) is 0 Å². The van der Waals surface area contributed by atoms with Gasteiger partial charge in [0.05, 0.1) is 0 Å². The van der Waals surface area contributed by atoms with Crippen molar-refractivity contribution in [3.63, 3.8) is 0 Å². The molecule has 3 heteroatoms. The summed E-state index contributed by atoms with van der Waals surface area (Å²) in [7, 11) is 0. The van der Waals surface area contributed by atoms with Crippen LogP contribution in [0.15, 0.2) is 18.2 Å². The van der Waals surface area contributed by atoms with Gasteiger partial charge in [0.1, 0.15) is 0 Å². The summed E-state index contributed by atoms with van der Waals surface area (Å²) in [6.45, 7) is 0.843. The van der Waals surface area contributed by atoms with Crippen LogP contribution in [0.4, 0.5) is 14.5 Å². The van der Waals surface area contributed by atoms with Crippen LogP contribution in [0.5, 0.6) is 0 Å². The van der Waals surface area contributed by atoms with Crippen molar-refractivity contribution in [3.05, 3.63) is 29.8 Å². The van der Waals surface area contributed by atoms with Gasteiger partial charge in [-0.3, -0.25) is 0 Å². The third-order valence-corrected chi connectivity index (χ3v) is 3.53. The first-order chi connectivity index (χ1) is 8.25. The Morgan fingerprint density at radius 3 is 2.53 bits per heavy atom. The lowest BCUT2D eigenvalue weighted by molar-refractivity contribution is 0.345. The van der Waals surface area contributed by atoms with Crippen LogP contribution >= 0.6 is 0 Å². The molecule has 1 N–H and O–H groups in total. The van der Waals surface area contributed by atoms with E-state index >= 15 is 0 Å². The standard InChI is InChI=1S/C14H19F2N/c15-13-7-6-12(10-14(13)16)17-9-8-11-4-2-1-3-5-11/h6-7,10-11,17H,1-5,8-9H2. The molecule has 1 nitrogen and oxygen atoms in total. The maximum Gasteiger partial charge on any atom is 0.160 e. The van der Waals surface area contributed by atoms with Crippen LogP contribution < -0.4 is 5.32 Å². The van der Waals surface area contributed by atoms with Gasteiger partial charge in [0.2, 0.25) is 0 Å². The van der Waals surface area contributed by atoms with Gasteiger partial charge in [0.25, 0.3) is 0 Å². The van der Waals surface area contributed by atoms with E-state index in [1.54, 1.807) is 6.07 Å². The van der Waals surface area contributed by atoms with Gasteiger partial charge >= 0.3 is 0 Å². The second-order valence-electron chi connectivity index (χ2n) is 4.85. The normalized spacial score (nSPS) is 17.1. The first-order valence-electron chi connectivity index (χ1n) is 6.44. The molecule has 0 unspecified atom stereocenters. The quantitative estimate of drug-likeness (QED) is 0.823. The second-order valence-corrected chi connectivity index (χ2v) is 4.85. The van der Waals surface area contributed by atoms with Gasteiger partial charge in [-0.1, -0.05) is 32.1 Å². The maximum atomic E-state index is 12.9. The van der Waals surface area contributed by atoms with Crippen LogP contribution in [-0.4, -0.2) is 6.54 Å². The van der Waals surface area contributed by atoms with Crippen molar-refractivity contribution in [3.8, 4) is 0 Å². The molecule has 0 radical (unpaired) electrons. The van der Waals surface area contributed by atoms with Gasteiger partial charge in [0, 0.05) is 12.2 Å². The molecule has 94 valence electrons. The third kappa shape index (κ3) is 3.69. The Kier molecular flexibility index (Phi) is 4.35. The summed E-state index contributed by atoms with van der Waals surface area (Å²) in [5.74, 6) is -0.767. The lowest BCUT2D eigenvalue weighted by Crippen LogP contribution is -2.12. The van der Waals surface area contributed by atoms with E-state index in [0.717, 1.165) is 24.9 Å². The van der Waals surface area contributed by atoms with Crippen molar-refractivity contribution in [2.75, 3.05) is 11.9 Å². The van der Waals surface area contributed by atoms with E-state index in [1.807, 2.05) is 0 Å². The van der Waals surface area contributed by atoms with E-state index in [0.29, 0.717) is 5.69 Å². The number of hydrogen-bond acceptors (Lipinski definition) is 1. The molecule has 2 rings (SSSR count). The highest BCUT2D eigenvalue weighted by molar-refractivity contribution is 5.43. The van der Waals surface area contributed by atoms with Crippen LogP contribution in [0.25, 0.3) is 0 Å². The molecule has 0 heterocycles. The smallest absolute Gasteiger partial charge is 0.160 e. The number of halogens is 2. The fourth-order valence-corrected chi connectivity index (χ4v) is 2.50. The van der Waals surface area contributed by atoms with Gasteiger partial charge in [-0.2, -0.15) is 0 Å². The zero-order chi connectivity index (χ0) is 12.1. The van der Waals surface area contributed by atoms with Gasteiger partial charge < -0.3 is 5.32 Å². The van der Waals surface area contributed by atoms with E-state index in [4.69, 9.17) is 0 Å². The summed E-state index contributed by atoms with van der Waals surface area (Å²) >= 11 is 0. The Bertz CT molecular complexity index is 359. The lowest BCUT2D eigenvalue weighted by atomic mass is 9.87. The minimum atomic E-state index is -0.789. The highest BCUT2D eigenvalue weighted by atomic mass is 19.2. The fraction of sp³-hybridized carbons (Fsp3) is 0.571. The minimum Gasteiger partial charge on any atom is -0.385 e. The maximum absolute atomic E-state index is 12.9. The third-order valence-electron chi connectivity index (χ3n) is 3.53. The first-order valence-corrected chi connectivity index (χ1v) is 6.44. The second kappa shape index (κ2) is 5.99. The number of anilines is 1. The summed E-state index contributed by atoms with van der Waals surface area (Å²) < 4.78 is 25.7. The number of rotatable bonds is 4. The molecule has 0 amide bonds. The van der Waals surface area contributed by atoms with Crippen LogP contribution in [0, 0.1) is 17.6 Å². The molecule has 0 aliphatic heterocycles. The minimum absolute atomic E-state index is 0.666. The van der Waals surface area contributed by atoms with Crippen molar-refractivity contribution in [1.82, 2.24) is 0 Å². The molecule has 1 aliphatic rings. The van der Waals surface area contributed by atoms with Crippen LogP contribution in [0.2, 0.25) is 0 Å². The Labute approximate surface area is 101 Å². The molecule has 1 aromatic carbocycles. The Hall–Kier alpha value is -1.12. The Morgan fingerprint density at radius 2 is 1.82 bits per heavy atom. The summed E-state index contributed by atoms with van der Waals surface area (Å²) in [5, 5.41) is 3.15. The molecule has 1 fully saturated rings. The molecular weight excluding hydrogens is 220 g/mol. The van der Waals surface area contributed by atoms with Crippen molar-refractivity contribution in [2.45, 2.75) is 38.5 Å². The molecule has 0 aromatic heterocycles. The van der Waals surface area contributed by atoms with Crippen LogP contribution in [-0.2, 0) is 0 Å². The van der Waals surface area contributed by atoms with E-state index in [-0.39, 0.29) is 0 Å². The molecule has 17 heavy (non-hydrogen) atoms. The number of hydrogen-bond donors (Lipinski definition) is 1. The first kappa shape index (κ1) is 12.3. The molecular formula is C14H19F2N. The zero-order valence-electron chi connectivity index (χ0n) is 10.0. The van der Waals surface area contributed by atoms with Crippen molar-refractivity contribution in [1.29, 1.82) is 0 Å². The molecule has 0 saturated heterocycles. The van der Waals surface area contributed by atoms with Gasteiger partial charge in [0.15, 0.2) is 11.6 Å². The lowest BCUT2D eigenvalue weighted by Gasteiger charge is -2.21. The van der Waals surface area contributed by atoms with E-state index in [2.05, 4.69) is 5.32 Å². The average Bonchev–Trinajstić information content (AvgIpc) is 2.35. The van der Waals surface area contributed by atoms with Gasteiger partial charge in [-0.25, -0.2) is 8.78 Å². The number of benzene rings is 1. The summed E-state index contributed by atoms with van der Waals surface area (Å²) in [6.07, 6.45) is 7.82. The highest BCUT2D eigenvalue weighted by Gasteiger charge is 2.12. The molecule has 1 aliphatic carbocycles. The molecule has 0 spiro atoms. The summed E-state index contributed by atoms with van der Waals surface area (Å²) in [4.78, 5) is 0. The van der Waals surface area contributed by atoms with E-state index in [1.165, 1.54) is 38.2 Å². The monoisotopic (exact) mass is 239 g/mol. The highest BCUT2D eigenvalue weighted by Crippen LogP contribution is 2.26. The Balaban J connectivity index is 1.75. The Morgan fingerprint density at radius 1 is 1.06 bits per heavy atom. The van der Waals surface area contributed by atoms with Crippen LogP contribution in [0.3, 0.4) is 0 Å². The van der Waals surface area contributed by atoms with Crippen LogP contribution in [0.1, 0.15) is 38.5 Å². The van der Waals surface area contributed by atoms with Gasteiger partial charge in [-0.05, 0) is 30.5 Å². The van der Waals surface area contributed by atoms with Crippen molar-refractivity contribution < 1.29 is 8.78 Å². The average molecular weight is 239 g/mol. The molecule has 1 saturated carbocycles. The molecule has 0 atom stereocenters.